The summed E-state index contributed by atoms with van der Waals surface area (Å²) in [7, 11) is 1.69. The van der Waals surface area contributed by atoms with Gasteiger partial charge >= 0.3 is 0 Å². The van der Waals surface area contributed by atoms with Crippen LogP contribution in [0.4, 0.5) is 0 Å². The molecule has 0 aliphatic carbocycles. The molecule has 0 saturated carbocycles. The molecular weight excluding hydrogens is 320 g/mol. The topological polar surface area (TPSA) is 34.2 Å². The molecule has 0 unspecified atom stereocenters. The van der Waals surface area contributed by atoms with Gasteiger partial charge in [-0.1, -0.05) is 50.1 Å². The molecular formula is C23H28N2O. The molecule has 0 spiro atoms. The quantitative estimate of drug-likeness (QED) is 0.535. The summed E-state index contributed by atoms with van der Waals surface area (Å²) in [5.74, 6) is 0.894. The summed E-state index contributed by atoms with van der Waals surface area (Å²) >= 11 is 0. The third kappa shape index (κ3) is 4.83. The van der Waals surface area contributed by atoms with Gasteiger partial charge in [-0.2, -0.15) is 0 Å². The number of fused-ring (bicyclic) bond motifs is 1. The number of aromatic nitrogens is 1. The van der Waals surface area contributed by atoms with Crippen LogP contribution in [0.1, 0.15) is 43.0 Å². The first kappa shape index (κ1) is 18.4. The minimum atomic E-state index is 0.839. The molecule has 3 heteroatoms. The van der Waals surface area contributed by atoms with E-state index in [1.54, 1.807) is 7.11 Å². The number of hydrogen-bond acceptors (Lipinski definition) is 3. The summed E-state index contributed by atoms with van der Waals surface area (Å²) < 4.78 is 5.22. The average molecular weight is 348 g/mol. The fourth-order valence-electron chi connectivity index (χ4n) is 3.20. The van der Waals surface area contributed by atoms with Crippen molar-refractivity contribution >= 4 is 10.9 Å². The number of para-hydroxylation sites is 1. The predicted molar refractivity (Wildman–Crippen MR) is 109 cm³/mol. The van der Waals surface area contributed by atoms with E-state index in [2.05, 4.69) is 54.7 Å². The van der Waals surface area contributed by atoms with E-state index < -0.39 is 0 Å². The minimum absolute atomic E-state index is 0.839. The Bertz CT molecular complexity index is 827. The van der Waals surface area contributed by atoms with Crippen LogP contribution in [0.25, 0.3) is 10.9 Å². The Balaban J connectivity index is 1.70. The van der Waals surface area contributed by atoms with Crippen LogP contribution in [-0.4, -0.2) is 12.1 Å². The third-order valence-electron chi connectivity index (χ3n) is 4.71. The van der Waals surface area contributed by atoms with Crippen molar-refractivity contribution in [1.82, 2.24) is 10.3 Å². The van der Waals surface area contributed by atoms with Gasteiger partial charge in [0.15, 0.2) is 0 Å². The van der Waals surface area contributed by atoms with Crippen LogP contribution < -0.4 is 10.1 Å². The van der Waals surface area contributed by atoms with Crippen LogP contribution in [0.2, 0.25) is 0 Å². The highest BCUT2D eigenvalue weighted by Gasteiger charge is 2.07. The normalized spacial score (nSPS) is 11.0. The van der Waals surface area contributed by atoms with Crippen LogP contribution in [0, 0.1) is 0 Å². The maximum atomic E-state index is 5.22. The first-order valence-electron chi connectivity index (χ1n) is 9.51. The van der Waals surface area contributed by atoms with Gasteiger partial charge in [0.25, 0.3) is 0 Å². The third-order valence-corrected chi connectivity index (χ3v) is 4.71. The Morgan fingerprint density at radius 1 is 0.962 bits per heavy atom. The Labute approximate surface area is 156 Å². The highest BCUT2D eigenvalue weighted by molar-refractivity contribution is 5.79. The minimum Gasteiger partial charge on any atom is -0.497 e. The molecule has 3 nitrogen and oxygen atoms in total. The Hall–Kier alpha value is -2.39. The van der Waals surface area contributed by atoms with Crippen molar-refractivity contribution in [3.8, 4) is 5.75 Å². The molecule has 0 fully saturated rings. The lowest BCUT2D eigenvalue weighted by Crippen LogP contribution is -2.15. The second-order valence-electron chi connectivity index (χ2n) is 6.70. The first-order valence-corrected chi connectivity index (χ1v) is 9.51. The number of ether oxygens (including phenoxy) is 1. The largest absolute Gasteiger partial charge is 0.497 e. The highest BCUT2D eigenvalue weighted by Crippen LogP contribution is 2.19. The van der Waals surface area contributed by atoms with Crippen LogP contribution in [0.15, 0.2) is 54.6 Å². The number of nitrogens with zero attached hydrogens (tertiary/aromatic N) is 1. The number of unbranched alkanes of at least 4 members (excludes halogenated alkanes) is 2. The number of nitrogens with one attached hydrogen (secondary N) is 1. The Morgan fingerprint density at radius 3 is 2.54 bits per heavy atom. The molecule has 136 valence electrons. The zero-order valence-corrected chi connectivity index (χ0v) is 15.8. The molecule has 0 radical (unpaired) electrons. The summed E-state index contributed by atoms with van der Waals surface area (Å²) in [5, 5.41) is 4.79. The Morgan fingerprint density at radius 2 is 1.77 bits per heavy atom. The lowest BCUT2D eigenvalue weighted by atomic mass is 10.0. The Kier molecular flexibility index (Phi) is 6.62. The molecule has 2 aromatic carbocycles. The number of benzene rings is 2. The van der Waals surface area contributed by atoms with E-state index in [1.807, 2.05) is 12.1 Å². The van der Waals surface area contributed by atoms with Gasteiger partial charge < -0.3 is 10.1 Å². The van der Waals surface area contributed by atoms with Crippen molar-refractivity contribution in [3.05, 3.63) is 71.4 Å². The van der Waals surface area contributed by atoms with Gasteiger partial charge in [-0.05, 0) is 48.2 Å². The van der Waals surface area contributed by atoms with Crippen molar-refractivity contribution in [3.63, 3.8) is 0 Å². The molecule has 0 amide bonds. The summed E-state index contributed by atoms with van der Waals surface area (Å²) in [4.78, 5) is 4.94. The van der Waals surface area contributed by atoms with Crippen LogP contribution in [0.5, 0.6) is 5.75 Å². The number of pyridine rings is 1. The number of methoxy groups -OCH3 is 1. The van der Waals surface area contributed by atoms with E-state index >= 15 is 0 Å². The lowest BCUT2D eigenvalue weighted by molar-refractivity contribution is 0.414. The maximum Gasteiger partial charge on any atom is 0.118 e. The molecule has 3 aromatic rings. The molecule has 0 aliphatic heterocycles. The van der Waals surface area contributed by atoms with Crippen LogP contribution in [-0.2, 0) is 19.5 Å². The van der Waals surface area contributed by atoms with Crippen LogP contribution in [0.3, 0.4) is 0 Å². The van der Waals surface area contributed by atoms with Crippen molar-refractivity contribution < 1.29 is 4.74 Å². The first-order chi connectivity index (χ1) is 12.8. The van der Waals surface area contributed by atoms with E-state index in [4.69, 9.17) is 9.72 Å². The monoisotopic (exact) mass is 348 g/mol. The van der Waals surface area contributed by atoms with Gasteiger partial charge in [-0.25, -0.2) is 0 Å². The zero-order valence-electron chi connectivity index (χ0n) is 15.8. The second-order valence-corrected chi connectivity index (χ2v) is 6.70. The van der Waals surface area contributed by atoms with E-state index in [0.29, 0.717) is 0 Å². The predicted octanol–water partition coefficient (Wildman–Crippen LogP) is 5.27. The molecule has 0 atom stereocenters. The van der Waals surface area contributed by atoms with E-state index in [9.17, 15) is 0 Å². The summed E-state index contributed by atoms with van der Waals surface area (Å²) in [6, 6.07) is 18.9. The van der Waals surface area contributed by atoms with Gasteiger partial charge in [0.1, 0.15) is 5.75 Å². The summed E-state index contributed by atoms with van der Waals surface area (Å²) in [6.07, 6.45) is 4.75. The summed E-state index contributed by atoms with van der Waals surface area (Å²) in [6.45, 7) is 3.92. The molecule has 0 saturated heterocycles. The van der Waals surface area contributed by atoms with Crippen molar-refractivity contribution in [2.75, 3.05) is 7.11 Å². The van der Waals surface area contributed by atoms with Gasteiger partial charge in [0, 0.05) is 24.2 Å². The molecule has 26 heavy (non-hydrogen) atoms. The van der Waals surface area contributed by atoms with E-state index in [1.165, 1.54) is 41.5 Å². The number of rotatable bonds is 9. The highest BCUT2D eigenvalue weighted by atomic mass is 16.5. The van der Waals surface area contributed by atoms with Gasteiger partial charge in [-0.3, -0.25) is 4.98 Å². The van der Waals surface area contributed by atoms with E-state index in [-0.39, 0.29) is 0 Å². The number of aryl methyl sites for hydroxylation is 1. The van der Waals surface area contributed by atoms with Gasteiger partial charge in [0.2, 0.25) is 0 Å². The standard InChI is InChI=1S/C23H28N2O/c1-3-4-5-9-23-20(15-19-8-6-7-10-22(19)25-23)17-24-16-18-11-13-21(26-2)14-12-18/h6-8,10-15,24H,3-5,9,16-17H2,1-2H3. The fourth-order valence-corrected chi connectivity index (χ4v) is 3.20. The van der Waals surface area contributed by atoms with Crippen molar-refractivity contribution in [2.24, 2.45) is 0 Å². The maximum absolute atomic E-state index is 5.22. The zero-order chi connectivity index (χ0) is 18.2. The molecule has 0 bridgehead atoms. The van der Waals surface area contributed by atoms with E-state index in [0.717, 1.165) is 30.8 Å². The molecule has 1 heterocycles. The SMILES string of the molecule is CCCCCc1nc2ccccc2cc1CNCc1ccc(OC)cc1. The number of hydrogen-bond donors (Lipinski definition) is 1. The molecule has 0 aliphatic rings. The smallest absolute Gasteiger partial charge is 0.118 e. The molecule has 3 rings (SSSR count). The van der Waals surface area contributed by atoms with Crippen molar-refractivity contribution in [2.45, 2.75) is 45.7 Å². The lowest BCUT2D eigenvalue weighted by Gasteiger charge is -2.12. The fraction of sp³-hybridized carbons (Fsp3) is 0.348. The van der Waals surface area contributed by atoms with Gasteiger partial charge in [-0.15, -0.1) is 0 Å². The van der Waals surface area contributed by atoms with Crippen molar-refractivity contribution in [1.29, 1.82) is 0 Å². The van der Waals surface area contributed by atoms with Crippen LogP contribution >= 0.6 is 0 Å². The van der Waals surface area contributed by atoms with Gasteiger partial charge in [0.05, 0.1) is 12.6 Å². The molecule has 1 N–H and O–H groups in total. The second kappa shape index (κ2) is 9.35. The summed E-state index contributed by atoms with van der Waals surface area (Å²) in [5.41, 5.74) is 4.90. The average Bonchev–Trinajstić information content (AvgIpc) is 2.69. The molecule has 1 aromatic heterocycles.